The fourth-order valence-corrected chi connectivity index (χ4v) is 10.3. The van der Waals surface area contributed by atoms with E-state index in [2.05, 4.69) is 174 Å². The highest BCUT2D eigenvalue weighted by atomic mass is 32.1. The van der Waals surface area contributed by atoms with Crippen molar-refractivity contribution in [1.82, 2.24) is 4.57 Å². The van der Waals surface area contributed by atoms with Crippen molar-refractivity contribution in [1.29, 1.82) is 0 Å². The van der Waals surface area contributed by atoms with E-state index in [-0.39, 0.29) is 0 Å². The number of hydrogen-bond donors (Lipinski definition) is 0. The zero-order valence-electron chi connectivity index (χ0n) is 31.1. The van der Waals surface area contributed by atoms with Gasteiger partial charge in [0.2, 0.25) is 0 Å². The van der Waals surface area contributed by atoms with Gasteiger partial charge in [-0.15, -0.1) is 11.3 Å². The molecule has 13 rings (SSSR count). The zero-order valence-corrected chi connectivity index (χ0v) is 31.9. The Bertz CT molecular complexity index is 3800. The first-order valence-electron chi connectivity index (χ1n) is 19.6. The Balaban J connectivity index is 0.993. The van der Waals surface area contributed by atoms with Crippen molar-refractivity contribution in [2.45, 2.75) is 0 Å². The summed E-state index contributed by atoms with van der Waals surface area (Å²) in [6.45, 7) is 0. The summed E-state index contributed by atoms with van der Waals surface area (Å²) in [6.07, 6.45) is 0. The number of fused-ring (bicyclic) bond motifs is 12. The summed E-state index contributed by atoms with van der Waals surface area (Å²) >= 11 is 1.86. The normalized spacial score (nSPS) is 12.1. The molecule has 4 heteroatoms. The molecule has 58 heavy (non-hydrogen) atoms. The minimum atomic E-state index is 0.907. The topological polar surface area (TPSA) is 31.2 Å². The first-order valence-corrected chi connectivity index (χ1v) is 20.5. The van der Waals surface area contributed by atoms with Crippen LogP contribution in [0.2, 0.25) is 0 Å². The third-order valence-electron chi connectivity index (χ3n) is 12.0. The van der Waals surface area contributed by atoms with E-state index < -0.39 is 0 Å². The van der Waals surface area contributed by atoms with Gasteiger partial charge in [0.05, 0.1) is 11.0 Å². The molecule has 0 aliphatic rings. The third kappa shape index (κ3) is 4.67. The summed E-state index contributed by atoms with van der Waals surface area (Å²) in [5.41, 5.74) is 14.1. The highest BCUT2D eigenvalue weighted by Crippen LogP contribution is 2.42. The molecular formula is C54H31NO2S. The number of nitrogens with zero attached hydrogens (tertiary/aromatic N) is 1. The van der Waals surface area contributed by atoms with Crippen LogP contribution in [0.3, 0.4) is 0 Å². The smallest absolute Gasteiger partial charge is 0.143 e. The van der Waals surface area contributed by atoms with Gasteiger partial charge in [-0.05, 0) is 107 Å². The van der Waals surface area contributed by atoms with Crippen LogP contribution in [-0.2, 0) is 0 Å². The maximum absolute atomic E-state index is 6.53. The molecule has 0 bridgehead atoms. The van der Waals surface area contributed by atoms with Gasteiger partial charge in [0.25, 0.3) is 0 Å². The number of benzene rings is 9. The maximum atomic E-state index is 6.53. The van der Waals surface area contributed by atoms with E-state index in [1.165, 1.54) is 47.6 Å². The van der Waals surface area contributed by atoms with Gasteiger partial charge in [-0.25, -0.2) is 0 Å². The molecule has 13 aromatic rings. The number of aromatic nitrogens is 1. The Morgan fingerprint density at radius 3 is 1.67 bits per heavy atom. The summed E-state index contributed by atoms with van der Waals surface area (Å²) in [4.78, 5) is 0. The van der Waals surface area contributed by atoms with Crippen LogP contribution < -0.4 is 0 Å². The second-order valence-corrected chi connectivity index (χ2v) is 16.3. The van der Waals surface area contributed by atoms with Gasteiger partial charge in [0.1, 0.15) is 22.3 Å². The van der Waals surface area contributed by atoms with Gasteiger partial charge in [-0.2, -0.15) is 0 Å². The summed E-state index contributed by atoms with van der Waals surface area (Å²) < 4.78 is 17.7. The van der Waals surface area contributed by atoms with E-state index in [1.54, 1.807) is 0 Å². The second kappa shape index (κ2) is 12.1. The molecule has 0 aliphatic carbocycles. The molecule has 0 N–H and O–H groups in total. The van der Waals surface area contributed by atoms with E-state index in [9.17, 15) is 0 Å². The summed E-state index contributed by atoms with van der Waals surface area (Å²) in [7, 11) is 0. The molecular weight excluding hydrogens is 727 g/mol. The van der Waals surface area contributed by atoms with Crippen molar-refractivity contribution >= 4 is 97.2 Å². The van der Waals surface area contributed by atoms with E-state index >= 15 is 0 Å². The molecule has 0 saturated heterocycles. The van der Waals surface area contributed by atoms with Gasteiger partial charge < -0.3 is 13.4 Å². The third-order valence-corrected chi connectivity index (χ3v) is 13.2. The van der Waals surface area contributed by atoms with Gasteiger partial charge in [0.15, 0.2) is 0 Å². The van der Waals surface area contributed by atoms with Gasteiger partial charge in [-0.3, -0.25) is 0 Å². The van der Waals surface area contributed by atoms with Crippen LogP contribution in [0.15, 0.2) is 197 Å². The molecule has 0 unspecified atom stereocenters. The maximum Gasteiger partial charge on any atom is 0.143 e. The van der Waals surface area contributed by atoms with Gasteiger partial charge in [0, 0.05) is 63.7 Å². The Morgan fingerprint density at radius 1 is 0.328 bits per heavy atom. The minimum Gasteiger partial charge on any atom is -0.456 e. The van der Waals surface area contributed by atoms with E-state index in [0.29, 0.717) is 0 Å². The molecule has 4 aromatic heterocycles. The highest BCUT2D eigenvalue weighted by molar-refractivity contribution is 7.25. The quantitative estimate of drug-likeness (QED) is 0.179. The molecule has 0 fully saturated rings. The molecule has 0 spiro atoms. The lowest BCUT2D eigenvalue weighted by Gasteiger charge is -2.10. The molecule has 0 atom stereocenters. The van der Waals surface area contributed by atoms with Crippen molar-refractivity contribution in [2.24, 2.45) is 0 Å². The van der Waals surface area contributed by atoms with E-state index in [4.69, 9.17) is 8.83 Å². The lowest BCUT2D eigenvalue weighted by atomic mass is 9.98. The Morgan fingerprint density at radius 2 is 0.862 bits per heavy atom. The Kier molecular flexibility index (Phi) is 6.60. The fourth-order valence-electron chi connectivity index (χ4n) is 9.24. The first-order chi connectivity index (χ1) is 28.7. The molecule has 3 nitrogen and oxygen atoms in total. The molecule has 0 aliphatic heterocycles. The van der Waals surface area contributed by atoms with Crippen LogP contribution in [0.25, 0.3) is 125 Å². The van der Waals surface area contributed by atoms with Crippen molar-refractivity contribution in [3.8, 4) is 39.1 Å². The van der Waals surface area contributed by atoms with Crippen LogP contribution in [0, 0.1) is 0 Å². The van der Waals surface area contributed by atoms with Crippen molar-refractivity contribution in [3.05, 3.63) is 188 Å². The number of hydrogen-bond acceptors (Lipinski definition) is 3. The fraction of sp³-hybridized carbons (Fsp3) is 0. The van der Waals surface area contributed by atoms with Crippen LogP contribution >= 0.6 is 11.3 Å². The summed E-state index contributed by atoms with van der Waals surface area (Å²) in [5, 5.41) is 9.58. The minimum absolute atomic E-state index is 0.907. The largest absolute Gasteiger partial charge is 0.456 e. The number of thiophene rings is 1. The number of furan rings is 2. The predicted molar refractivity (Wildman–Crippen MR) is 245 cm³/mol. The molecule has 0 saturated carbocycles. The standard InChI is InChI=1S/C54H31NO2S/c1-5-14-50-39(8-1)42-12-7-11-38(54(42)57-50)36-19-25-48-44(31-36)43-28-34(35-21-27-53-46(30-35)41-10-3-6-15-52(41)58-53)18-24-47(43)55(48)37-22-16-32(17-23-37)33-20-26-51-45(29-33)40-9-2-4-13-49(40)56-51/h1-31H. The van der Waals surface area contributed by atoms with Gasteiger partial charge >= 0.3 is 0 Å². The molecule has 270 valence electrons. The average molecular weight is 758 g/mol. The zero-order chi connectivity index (χ0) is 37.9. The van der Waals surface area contributed by atoms with Gasteiger partial charge in [-0.1, -0.05) is 109 Å². The monoisotopic (exact) mass is 757 g/mol. The lowest BCUT2D eigenvalue weighted by molar-refractivity contribution is 0.669. The van der Waals surface area contributed by atoms with Crippen molar-refractivity contribution in [2.75, 3.05) is 0 Å². The summed E-state index contributed by atoms with van der Waals surface area (Å²) in [6, 6.07) is 68.0. The van der Waals surface area contributed by atoms with E-state index in [1.807, 2.05) is 29.5 Å². The lowest BCUT2D eigenvalue weighted by Crippen LogP contribution is -1.94. The predicted octanol–water partition coefficient (Wildman–Crippen LogP) is 16.0. The molecule has 0 radical (unpaired) electrons. The van der Waals surface area contributed by atoms with Crippen LogP contribution in [0.4, 0.5) is 0 Å². The molecule has 0 amide bonds. The second-order valence-electron chi connectivity index (χ2n) is 15.2. The number of para-hydroxylation sites is 3. The van der Waals surface area contributed by atoms with Crippen molar-refractivity contribution < 1.29 is 8.83 Å². The number of rotatable bonds is 4. The average Bonchev–Trinajstić information content (AvgIpc) is 4.04. The first kappa shape index (κ1) is 31.8. The van der Waals surface area contributed by atoms with Crippen LogP contribution in [0.1, 0.15) is 0 Å². The Labute approximate surface area is 336 Å². The SMILES string of the molecule is c1ccc2c(c1)oc1ccc(-c3ccc(-n4c5ccc(-c6ccc7sc8ccccc8c7c6)cc5c5cc(-c6cccc7c6oc6ccccc67)ccc54)cc3)cc12. The van der Waals surface area contributed by atoms with Crippen LogP contribution in [0.5, 0.6) is 0 Å². The Hall–Kier alpha value is -7.40. The van der Waals surface area contributed by atoms with E-state index in [0.717, 1.165) is 77.3 Å². The van der Waals surface area contributed by atoms with Crippen LogP contribution in [-0.4, -0.2) is 4.57 Å². The van der Waals surface area contributed by atoms with Crippen molar-refractivity contribution in [3.63, 3.8) is 0 Å². The highest BCUT2D eigenvalue weighted by Gasteiger charge is 2.18. The summed E-state index contributed by atoms with van der Waals surface area (Å²) in [5.74, 6) is 0. The molecule has 9 aromatic carbocycles. The molecule has 4 heterocycles.